The van der Waals surface area contributed by atoms with Gasteiger partial charge in [0.05, 0.1) is 0 Å². The van der Waals surface area contributed by atoms with Gasteiger partial charge in [-0.25, -0.2) is 0 Å². The lowest BCUT2D eigenvalue weighted by atomic mass is 10.2. The molecular weight excluding hydrogens is 636 g/mol. The summed E-state index contributed by atoms with van der Waals surface area (Å²) in [4.78, 5) is 48.1. The SMILES string of the molecule is Cc1ccccc1OCC(=O)NNC(=S)NC(=O)COc1ccc(OCC(=O)NC(=S)NNC(=O)COc2ccccc2C)cc1. The molecule has 46 heavy (non-hydrogen) atoms. The molecule has 3 aromatic rings. The van der Waals surface area contributed by atoms with Crippen LogP contribution < -0.4 is 51.3 Å². The summed E-state index contributed by atoms with van der Waals surface area (Å²) in [5, 5.41) is 4.46. The van der Waals surface area contributed by atoms with Gasteiger partial charge in [0, 0.05) is 0 Å². The molecule has 0 aliphatic rings. The van der Waals surface area contributed by atoms with Crippen molar-refractivity contribution < 1.29 is 38.1 Å². The average molecular weight is 669 g/mol. The minimum atomic E-state index is -0.570. The highest BCUT2D eigenvalue weighted by atomic mass is 32.1. The molecule has 242 valence electrons. The third kappa shape index (κ3) is 13.0. The molecule has 3 aromatic carbocycles. The molecule has 0 aliphatic heterocycles. The smallest absolute Gasteiger partial charge is 0.276 e. The molecule has 0 saturated heterocycles. The molecule has 0 fully saturated rings. The van der Waals surface area contributed by atoms with Crippen LogP contribution in [0.2, 0.25) is 0 Å². The minimum Gasteiger partial charge on any atom is -0.484 e. The molecule has 0 atom stereocenters. The van der Waals surface area contributed by atoms with Crippen molar-refractivity contribution in [3.63, 3.8) is 0 Å². The third-order valence-electron chi connectivity index (χ3n) is 5.61. The summed E-state index contributed by atoms with van der Waals surface area (Å²) < 4.78 is 21.7. The van der Waals surface area contributed by atoms with E-state index in [9.17, 15) is 19.2 Å². The fourth-order valence-corrected chi connectivity index (χ4v) is 3.70. The van der Waals surface area contributed by atoms with E-state index in [2.05, 4.69) is 32.3 Å². The Kier molecular flexibility index (Phi) is 14.0. The average Bonchev–Trinajstić information content (AvgIpc) is 3.04. The van der Waals surface area contributed by atoms with Gasteiger partial charge in [0.1, 0.15) is 23.0 Å². The number of aryl methyl sites for hydroxylation is 2. The van der Waals surface area contributed by atoms with E-state index in [1.54, 1.807) is 24.3 Å². The molecule has 0 aromatic heterocycles. The molecular formula is C30H32N6O8S2. The lowest BCUT2D eigenvalue weighted by Crippen LogP contribution is -2.50. The maximum atomic E-state index is 12.1. The van der Waals surface area contributed by atoms with Gasteiger partial charge in [-0.2, -0.15) is 0 Å². The monoisotopic (exact) mass is 668 g/mol. The van der Waals surface area contributed by atoms with Crippen molar-refractivity contribution in [1.29, 1.82) is 0 Å². The first kappa shape index (κ1) is 35.0. The number of hydrogen-bond acceptors (Lipinski definition) is 10. The standard InChI is InChI=1S/C30H32N6O8S2/c1-19-7-3-5-9-23(19)43-17-27(39)33-35-29(45)31-25(37)15-41-21-11-13-22(14-12-21)42-16-26(38)32-30(46)36-34-28(40)18-44-24-10-6-4-8-20(24)2/h3-14H,15-18H2,1-2H3,(H,33,39)(H,34,40)(H2,31,35,37,45)(H2,32,36,38,46). The number of benzene rings is 3. The quantitative estimate of drug-likeness (QED) is 0.121. The molecule has 0 aliphatic carbocycles. The number of hydrogen-bond donors (Lipinski definition) is 6. The van der Waals surface area contributed by atoms with Crippen LogP contribution in [0.15, 0.2) is 72.8 Å². The topological polar surface area (TPSA) is 177 Å². The summed E-state index contributed by atoms with van der Waals surface area (Å²) in [6.07, 6.45) is 0. The van der Waals surface area contributed by atoms with Crippen LogP contribution in [0.3, 0.4) is 0 Å². The first-order chi connectivity index (χ1) is 22.1. The van der Waals surface area contributed by atoms with Gasteiger partial charge in [-0.3, -0.25) is 51.5 Å². The van der Waals surface area contributed by atoms with Gasteiger partial charge >= 0.3 is 0 Å². The molecule has 3 rings (SSSR count). The van der Waals surface area contributed by atoms with E-state index in [4.69, 9.17) is 43.4 Å². The number of amides is 4. The number of nitrogens with one attached hydrogen (secondary N) is 6. The number of para-hydroxylation sites is 2. The van der Waals surface area contributed by atoms with Crippen LogP contribution in [0.25, 0.3) is 0 Å². The van der Waals surface area contributed by atoms with Gasteiger partial charge in [-0.15, -0.1) is 0 Å². The van der Waals surface area contributed by atoms with E-state index in [-0.39, 0.29) is 36.7 Å². The minimum absolute atomic E-state index is 0.135. The van der Waals surface area contributed by atoms with Crippen LogP contribution in [0.4, 0.5) is 0 Å². The van der Waals surface area contributed by atoms with Gasteiger partial charge in [-0.1, -0.05) is 36.4 Å². The van der Waals surface area contributed by atoms with E-state index in [1.165, 1.54) is 24.3 Å². The molecule has 0 unspecified atom stereocenters. The van der Waals surface area contributed by atoms with Crippen LogP contribution in [-0.4, -0.2) is 60.3 Å². The van der Waals surface area contributed by atoms with Crippen LogP contribution >= 0.6 is 24.4 Å². The Morgan fingerprint density at radius 3 is 1.22 bits per heavy atom. The highest BCUT2D eigenvalue weighted by Crippen LogP contribution is 2.18. The summed E-state index contributed by atoms with van der Waals surface area (Å²) in [5.41, 5.74) is 11.2. The predicted molar refractivity (Wildman–Crippen MR) is 175 cm³/mol. The predicted octanol–water partition coefficient (Wildman–Crippen LogP) is 1.26. The van der Waals surface area contributed by atoms with Crippen LogP contribution in [0.1, 0.15) is 11.1 Å². The normalized spacial score (nSPS) is 9.96. The molecule has 14 nitrogen and oxygen atoms in total. The zero-order valence-electron chi connectivity index (χ0n) is 24.8. The van der Waals surface area contributed by atoms with Gasteiger partial charge < -0.3 is 18.9 Å². The maximum Gasteiger partial charge on any atom is 0.276 e. The second-order valence-corrected chi connectivity index (χ2v) is 10.1. The first-order valence-corrected chi connectivity index (χ1v) is 14.4. The molecule has 6 N–H and O–H groups in total. The molecule has 0 heterocycles. The Hall–Kier alpha value is -5.48. The number of hydrazine groups is 2. The molecule has 0 saturated carbocycles. The number of thiocarbonyl (C=S) groups is 2. The third-order valence-corrected chi connectivity index (χ3v) is 6.01. The van der Waals surface area contributed by atoms with Crippen molar-refractivity contribution in [1.82, 2.24) is 32.3 Å². The fraction of sp³-hybridized carbons (Fsp3) is 0.200. The Labute approximate surface area is 275 Å². The van der Waals surface area contributed by atoms with Gasteiger partial charge in [0.25, 0.3) is 23.6 Å². The van der Waals surface area contributed by atoms with E-state index in [0.717, 1.165) is 11.1 Å². The molecule has 0 radical (unpaired) electrons. The number of carbonyl (C=O) groups excluding carboxylic acids is 4. The summed E-state index contributed by atoms with van der Waals surface area (Å²) >= 11 is 9.98. The highest BCUT2D eigenvalue weighted by molar-refractivity contribution is 7.80. The zero-order valence-corrected chi connectivity index (χ0v) is 26.5. The van der Waals surface area contributed by atoms with Gasteiger partial charge in [0.15, 0.2) is 36.7 Å². The summed E-state index contributed by atoms with van der Waals surface area (Å²) in [6, 6.07) is 20.6. The molecule has 4 amide bonds. The van der Waals surface area contributed by atoms with Crippen molar-refractivity contribution in [3.8, 4) is 23.0 Å². The van der Waals surface area contributed by atoms with Crippen LogP contribution in [0.5, 0.6) is 23.0 Å². The Balaban J connectivity index is 1.26. The second-order valence-electron chi connectivity index (χ2n) is 9.26. The Morgan fingerprint density at radius 2 is 0.848 bits per heavy atom. The summed E-state index contributed by atoms with van der Waals surface area (Å²) in [6.45, 7) is 2.48. The van der Waals surface area contributed by atoms with Crippen molar-refractivity contribution in [2.24, 2.45) is 0 Å². The first-order valence-electron chi connectivity index (χ1n) is 13.6. The Bertz CT molecular complexity index is 1440. The van der Waals surface area contributed by atoms with Crippen molar-refractivity contribution in [3.05, 3.63) is 83.9 Å². The molecule has 0 spiro atoms. The number of carbonyl (C=O) groups is 4. The van der Waals surface area contributed by atoms with Crippen molar-refractivity contribution in [2.75, 3.05) is 26.4 Å². The van der Waals surface area contributed by atoms with Crippen LogP contribution in [0, 0.1) is 13.8 Å². The van der Waals surface area contributed by atoms with E-state index >= 15 is 0 Å². The highest BCUT2D eigenvalue weighted by Gasteiger charge is 2.10. The van der Waals surface area contributed by atoms with Crippen molar-refractivity contribution in [2.45, 2.75) is 13.8 Å². The lowest BCUT2D eigenvalue weighted by Gasteiger charge is -2.13. The van der Waals surface area contributed by atoms with E-state index in [1.807, 2.05) is 38.1 Å². The number of ether oxygens (including phenoxy) is 4. The van der Waals surface area contributed by atoms with Gasteiger partial charge in [-0.05, 0) is 85.8 Å². The summed E-state index contributed by atoms with van der Waals surface area (Å²) in [5.74, 6) is -0.291. The molecule has 0 bridgehead atoms. The zero-order chi connectivity index (χ0) is 33.3. The number of rotatable bonds is 12. The Morgan fingerprint density at radius 1 is 0.500 bits per heavy atom. The largest absolute Gasteiger partial charge is 0.484 e. The van der Waals surface area contributed by atoms with Crippen LogP contribution in [-0.2, 0) is 19.2 Å². The van der Waals surface area contributed by atoms with E-state index in [0.29, 0.717) is 23.0 Å². The van der Waals surface area contributed by atoms with Crippen molar-refractivity contribution >= 4 is 58.3 Å². The molecule has 16 heteroatoms. The summed E-state index contributed by atoms with van der Waals surface area (Å²) in [7, 11) is 0. The second kappa shape index (κ2) is 18.4. The maximum absolute atomic E-state index is 12.1. The van der Waals surface area contributed by atoms with E-state index < -0.39 is 23.6 Å². The lowest BCUT2D eigenvalue weighted by molar-refractivity contribution is -0.124. The fourth-order valence-electron chi connectivity index (χ4n) is 3.37. The van der Waals surface area contributed by atoms with Gasteiger partial charge in [0.2, 0.25) is 0 Å².